The number of benzene rings is 2. The minimum atomic E-state index is -0.777. The van der Waals surface area contributed by atoms with Gasteiger partial charge in [-0.3, -0.25) is 14.2 Å². The van der Waals surface area contributed by atoms with Gasteiger partial charge in [0.25, 0.3) is 11.5 Å². The van der Waals surface area contributed by atoms with E-state index in [9.17, 15) is 14.0 Å². The molecule has 2 atom stereocenters. The van der Waals surface area contributed by atoms with Crippen molar-refractivity contribution in [2.24, 2.45) is 0 Å². The summed E-state index contributed by atoms with van der Waals surface area (Å²) in [5.41, 5.74) is 0.963. The van der Waals surface area contributed by atoms with Crippen LogP contribution in [0.1, 0.15) is 12.5 Å². The third-order valence-electron chi connectivity index (χ3n) is 5.61. The number of para-hydroxylation sites is 2. The van der Waals surface area contributed by atoms with Crippen LogP contribution in [-0.4, -0.2) is 44.0 Å². The smallest absolute Gasteiger partial charge is 0.265 e. The van der Waals surface area contributed by atoms with Gasteiger partial charge in [0, 0.05) is 6.54 Å². The molecule has 9 nitrogen and oxygen atoms in total. The topological polar surface area (TPSA) is 100 Å². The molecule has 0 fully saturated rings. The molecule has 34 heavy (non-hydrogen) atoms. The van der Waals surface area contributed by atoms with Gasteiger partial charge >= 0.3 is 0 Å². The van der Waals surface area contributed by atoms with Crippen LogP contribution in [-0.2, 0) is 17.9 Å². The summed E-state index contributed by atoms with van der Waals surface area (Å²) < 4.78 is 27.7. The number of carbonyl (C=O) groups excluding carboxylic acids is 1. The zero-order valence-corrected chi connectivity index (χ0v) is 18.3. The minimum Gasteiger partial charge on any atom is -0.482 e. The SMILES string of the molecule is CC1Oc2ccccc2OC1C(=O)NCCn1ncc2c(=O)n(Cc3ccc(F)cc3)cnc21. The second-order valence-corrected chi connectivity index (χ2v) is 8.01. The number of rotatable bonds is 6. The number of fused-ring (bicyclic) bond motifs is 2. The summed E-state index contributed by atoms with van der Waals surface area (Å²) in [6.07, 6.45) is 1.68. The number of nitrogens with zero attached hydrogens (tertiary/aromatic N) is 4. The Morgan fingerprint density at radius 3 is 2.62 bits per heavy atom. The van der Waals surface area contributed by atoms with E-state index >= 15 is 0 Å². The normalized spacial score (nSPS) is 17.0. The molecule has 0 bridgehead atoms. The van der Waals surface area contributed by atoms with Gasteiger partial charge in [0.1, 0.15) is 23.6 Å². The average Bonchev–Trinajstić information content (AvgIpc) is 3.25. The molecule has 0 radical (unpaired) electrons. The maximum absolute atomic E-state index is 13.1. The van der Waals surface area contributed by atoms with Gasteiger partial charge in [-0.05, 0) is 36.8 Å². The molecule has 0 aliphatic carbocycles. The molecule has 0 saturated carbocycles. The Bertz CT molecular complexity index is 1400. The van der Waals surface area contributed by atoms with E-state index in [4.69, 9.17) is 9.47 Å². The third kappa shape index (κ3) is 4.21. The summed E-state index contributed by atoms with van der Waals surface area (Å²) in [5, 5.41) is 7.45. The van der Waals surface area contributed by atoms with Gasteiger partial charge in [0.15, 0.2) is 17.1 Å². The van der Waals surface area contributed by atoms with Crippen molar-refractivity contribution in [2.75, 3.05) is 6.54 Å². The zero-order valence-electron chi connectivity index (χ0n) is 18.3. The van der Waals surface area contributed by atoms with E-state index in [1.807, 2.05) is 12.1 Å². The summed E-state index contributed by atoms with van der Waals surface area (Å²) in [7, 11) is 0. The Morgan fingerprint density at radius 1 is 1.12 bits per heavy atom. The molecule has 0 saturated heterocycles. The molecule has 1 aliphatic heterocycles. The summed E-state index contributed by atoms with van der Waals surface area (Å²) in [5.74, 6) is 0.506. The van der Waals surface area contributed by atoms with E-state index in [0.29, 0.717) is 29.1 Å². The van der Waals surface area contributed by atoms with Gasteiger partial charge in [-0.25, -0.2) is 14.1 Å². The van der Waals surface area contributed by atoms with Crippen LogP contribution >= 0.6 is 0 Å². The second-order valence-electron chi connectivity index (χ2n) is 8.01. The first kappa shape index (κ1) is 21.6. The molecule has 4 aromatic rings. The minimum absolute atomic E-state index is 0.246. The fourth-order valence-corrected chi connectivity index (χ4v) is 3.85. The van der Waals surface area contributed by atoms with Crippen molar-refractivity contribution in [1.82, 2.24) is 24.6 Å². The average molecular weight is 463 g/mol. The van der Waals surface area contributed by atoms with Crippen molar-refractivity contribution in [3.05, 3.63) is 82.8 Å². The molecule has 10 heteroatoms. The highest BCUT2D eigenvalue weighted by molar-refractivity contribution is 5.82. The Morgan fingerprint density at radius 2 is 1.85 bits per heavy atom. The highest BCUT2D eigenvalue weighted by Crippen LogP contribution is 2.33. The van der Waals surface area contributed by atoms with Crippen molar-refractivity contribution in [1.29, 1.82) is 0 Å². The molecule has 2 aromatic carbocycles. The number of aromatic nitrogens is 4. The van der Waals surface area contributed by atoms with Crippen LogP contribution in [0.2, 0.25) is 0 Å². The summed E-state index contributed by atoms with van der Waals surface area (Å²) in [4.78, 5) is 29.9. The molecule has 0 spiro atoms. The third-order valence-corrected chi connectivity index (χ3v) is 5.61. The number of nitrogens with one attached hydrogen (secondary N) is 1. The number of amides is 1. The Hall–Kier alpha value is -4.21. The lowest BCUT2D eigenvalue weighted by atomic mass is 10.1. The maximum atomic E-state index is 13.1. The monoisotopic (exact) mass is 463 g/mol. The van der Waals surface area contributed by atoms with E-state index in [2.05, 4.69) is 15.4 Å². The molecular formula is C24H22FN5O4. The highest BCUT2D eigenvalue weighted by Gasteiger charge is 2.33. The Labute approximate surface area is 193 Å². The van der Waals surface area contributed by atoms with Crippen LogP contribution in [0.3, 0.4) is 0 Å². The van der Waals surface area contributed by atoms with Crippen LogP contribution in [0, 0.1) is 5.82 Å². The second kappa shape index (κ2) is 8.97. The number of ether oxygens (including phenoxy) is 2. The molecule has 2 aromatic heterocycles. The molecule has 1 N–H and O–H groups in total. The number of halogens is 1. The Balaban J connectivity index is 1.23. The van der Waals surface area contributed by atoms with Crippen LogP contribution in [0.5, 0.6) is 11.5 Å². The molecule has 1 amide bonds. The standard InChI is InChI=1S/C24H22FN5O4/c1-15-21(34-20-5-3-2-4-19(20)33-15)23(31)26-10-11-30-22-18(12-28-30)24(32)29(14-27-22)13-16-6-8-17(25)9-7-16/h2-9,12,14-15,21H,10-11,13H2,1H3,(H,26,31). The lowest BCUT2D eigenvalue weighted by Crippen LogP contribution is -2.49. The van der Waals surface area contributed by atoms with Gasteiger partial charge in [0.05, 0.1) is 19.3 Å². The van der Waals surface area contributed by atoms with Gasteiger partial charge in [-0.1, -0.05) is 24.3 Å². The van der Waals surface area contributed by atoms with Gasteiger partial charge < -0.3 is 14.8 Å². The molecule has 3 heterocycles. The predicted octanol–water partition coefficient (Wildman–Crippen LogP) is 2.13. The van der Waals surface area contributed by atoms with Gasteiger partial charge in [-0.15, -0.1) is 0 Å². The van der Waals surface area contributed by atoms with E-state index in [1.165, 1.54) is 29.2 Å². The van der Waals surface area contributed by atoms with Crippen molar-refractivity contribution in [3.63, 3.8) is 0 Å². The van der Waals surface area contributed by atoms with Crippen LogP contribution in [0.15, 0.2) is 65.8 Å². The summed E-state index contributed by atoms with van der Waals surface area (Å²) in [6, 6.07) is 13.2. The fraction of sp³-hybridized carbons (Fsp3) is 0.250. The first-order chi connectivity index (χ1) is 16.5. The summed E-state index contributed by atoms with van der Waals surface area (Å²) >= 11 is 0. The molecule has 5 rings (SSSR count). The van der Waals surface area contributed by atoms with Gasteiger partial charge in [0.2, 0.25) is 6.10 Å². The first-order valence-electron chi connectivity index (χ1n) is 10.8. The first-order valence-corrected chi connectivity index (χ1v) is 10.8. The summed E-state index contributed by atoms with van der Waals surface area (Å²) in [6.45, 7) is 2.64. The van der Waals surface area contributed by atoms with E-state index in [0.717, 1.165) is 5.56 Å². The predicted molar refractivity (Wildman–Crippen MR) is 121 cm³/mol. The quantitative estimate of drug-likeness (QED) is 0.470. The lowest BCUT2D eigenvalue weighted by Gasteiger charge is -2.31. The molecule has 1 aliphatic rings. The largest absolute Gasteiger partial charge is 0.482 e. The lowest BCUT2D eigenvalue weighted by molar-refractivity contribution is -0.133. The molecule has 174 valence electrons. The fourth-order valence-electron chi connectivity index (χ4n) is 3.85. The van der Waals surface area contributed by atoms with Gasteiger partial charge in [-0.2, -0.15) is 5.10 Å². The van der Waals surface area contributed by atoms with Crippen molar-refractivity contribution in [2.45, 2.75) is 32.2 Å². The van der Waals surface area contributed by atoms with Crippen LogP contribution in [0.4, 0.5) is 4.39 Å². The number of hydrogen-bond acceptors (Lipinski definition) is 6. The van der Waals surface area contributed by atoms with E-state index in [-0.39, 0.29) is 30.4 Å². The van der Waals surface area contributed by atoms with Crippen molar-refractivity contribution >= 4 is 16.9 Å². The zero-order chi connectivity index (χ0) is 23.7. The van der Waals surface area contributed by atoms with E-state index in [1.54, 1.807) is 35.9 Å². The van der Waals surface area contributed by atoms with Crippen molar-refractivity contribution in [3.8, 4) is 11.5 Å². The number of hydrogen-bond donors (Lipinski definition) is 1. The highest BCUT2D eigenvalue weighted by atomic mass is 19.1. The molecular weight excluding hydrogens is 441 g/mol. The molecule has 2 unspecified atom stereocenters. The van der Waals surface area contributed by atoms with E-state index < -0.39 is 12.2 Å². The Kier molecular flexibility index (Phi) is 5.70. The maximum Gasteiger partial charge on any atom is 0.265 e. The number of carbonyl (C=O) groups is 1. The van der Waals surface area contributed by atoms with Crippen molar-refractivity contribution < 1.29 is 18.7 Å². The van der Waals surface area contributed by atoms with Crippen LogP contribution in [0.25, 0.3) is 11.0 Å². The van der Waals surface area contributed by atoms with Crippen LogP contribution < -0.4 is 20.3 Å².